The fourth-order valence-electron chi connectivity index (χ4n) is 3.59. The van der Waals surface area contributed by atoms with E-state index in [1.165, 1.54) is 18.1 Å². The van der Waals surface area contributed by atoms with Gasteiger partial charge in [-0.3, -0.25) is 4.79 Å². The van der Waals surface area contributed by atoms with Crippen LogP contribution in [0.5, 0.6) is 11.5 Å². The van der Waals surface area contributed by atoms with Crippen molar-refractivity contribution in [3.63, 3.8) is 0 Å². The number of nitriles is 1. The van der Waals surface area contributed by atoms with Crippen molar-refractivity contribution in [2.45, 2.75) is 26.2 Å². The molecule has 0 fully saturated rings. The van der Waals surface area contributed by atoms with Crippen LogP contribution < -0.4 is 10.3 Å². The van der Waals surface area contributed by atoms with Crippen molar-refractivity contribution in [1.29, 1.82) is 5.26 Å². The summed E-state index contributed by atoms with van der Waals surface area (Å²) in [6.07, 6.45) is 4.52. The number of aryl methyl sites for hydroxylation is 1. The van der Waals surface area contributed by atoms with Gasteiger partial charge in [0.25, 0.3) is 5.56 Å². The predicted octanol–water partition coefficient (Wildman–Crippen LogP) is 3.89. The van der Waals surface area contributed by atoms with Crippen molar-refractivity contribution < 1.29 is 9.84 Å². The second-order valence-corrected chi connectivity index (χ2v) is 8.13. The van der Waals surface area contributed by atoms with Crippen LogP contribution >= 0.6 is 11.3 Å². The fraction of sp³-hybridized carbons (Fsp3) is 0.286. The highest BCUT2D eigenvalue weighted by Gasteiger charge is 2.23. The molecule has 7 heteroatoms. The van der Waals surface area contributed by atoms with Crippen molar-refractivity contribution in [1.82, 2.24) is 9.97 Å². The Morgan fingerprint density at radius 3 is 3.04 bits per heavy atom. The van der Waals surface area contributed by atoms with Gasteiger partial charge in [0.15, 0.2) is 17.3 Å². The summed E-state index contributed by atoms with van der Waals surface area (Å²) in [6.45, 7) is 2.22. The van der Waals surface area contributed by atoms with Gasteiger partial charge in [0, 0.05) is 4.88 Å². The van der Waals surface area contributed by atoms with E-state index in [0.29, 0.717) is 27.4 Å². The second kappa shape index (κ2) is 7.13. The van der Waals surface area contributed by atoms with Crippen molar-refractivity contribution >= 4 is 33.2 Å². The number of aromatic nitrogens is 2. The van der Waals surface area contributed by atoms with Gasteiger partial charge < -0.3 is 14.8 Å². The first-order valence-corrected chi connectivity index (χ1v) is 9.85. The van der Waals surface area contributed by atoms with Crippen molar-refractivity contribution in [2.75, 3.05) is 7.11 Å². The van der Waals surface area contributed by atoms with E-state index in [1.807, 2.05) is 0 Å². The molecule has 0 unspecified atom stereocenters. The number of nitrogens with one attached hydrogen (secondary N) is 1. The number of fused-ring (bicyclic) bond motifs is 3. The Morgan fingerprint density at radius 1 is 1.50 bits per heavy atom. The molecule has 0 radical (unpaired) electrons. The maximum absolute atomic E-state index is 12.7. The number of hydrogen-bond acceptors (Lipinski definition) is 6. The van der Waals surface area contributed by atoms with Crippen LogP contribution in [0, 0.1) is 17.2 Å². The van der Waals surface area contributed by atoms with E-state index in [2.05, 4.69) is 23.0 Å². The van der Waals surface area contributed by atoms with Gasteiger partial charge in [0.1, 0.15) is 10.9 Å². The van der Waals surface area contributed by atoms with Gasteiger partial charge in [-0.05, 0) is 54.5 Å². The van der Waals surface area contributed by atoms with Crippen LogP contribution in [-0.4, -0.2) is 22.2 Å². The van der Waals surface area contributed by atoms with Crippen molar-refractivity contribution in [3.8, 4) is 17.6 Å². The second-order valence-electron chi connectivity index (χ2n) is 7.05. The highest BCUT2D eigenvalue weighted by atomic mass is 32.1. The molecule has 1 aliphatic carbocycles. The number of rotatable bonds is 3. The van der Waals surface area contributed by atoms with E-state index < -0.39 is 0 Å². The minimum absolute atomic E-state index is 0.0227. The normalized spacial score (nSPS) is 16.6. The number of allylic oxidation sites excluding steroid dienone is 1. The molecule has 2 N–H and O–H groups in total. The summed E-state index contributed by atoms with van der Waals surface area (Å²) < 4.78 is 5.03. The summed E-state index contributed by atoms with van der Waals surface area (Å²) in [6, 6.07) is 6.93. The van der Waals surface area contributed by atoms with Gasteiger partial charge in [0.2, 0.25) is 0 Å². The fourth-order valence-corrected chi connectivity index (χ4v) is 4.98. The maximum atomic E-state index is 12.7. The number of thiophene rings is 1. The van der Waals surface area contributed by atoms with E-state index in [1.54, 1.807) is 29.5 Å². The third kappa shape index (κ3) is 3.16. The average molecular weight is 393 g/mol. The maximum Gasteiger partial charge on any atom is 0.260 e. The molecule has 2 heterocycles. The zero-order valence-corrected chi connectivity index (χ0v) is 16.4. The van der Waals surface area contributed by atoms with Crippen LogP contribution in [0.4, 0.5) is 0 Å². The molecular weight excluding hydrogens is 374 g/mol. The lowest BCUT2D eigenvalue weighted by Crippen LogP contribution is -2.14. The summed E-state index contributed by atoms with van der Waals surface area (Å²) in [7, 11) is 1.47. The van der Waals surface area contributed by atoms with E-state index in [-0.39, 0.29) is 22.7 Å². The quantitative estimate of drug-likeness (QED) is 0.658. The van der Waals surface area contributed by atoms with Gasteiger partial charge in [-0.1, -0.05) is 13.0 Å². The highest BCUT2D eigenvalue weighted by Crippen LogP contribution is 2.36. The molecule has 1 aromatic carbocycles. The standard InChI is InChI=1S/C21H19N3O3S/c1-11-3-5-14-17(7-11)28-21-18(14)20(26)23-19(24-21)13(10-22)8-12-4-6-16(27-2)15(25)9-12/h4,6,8-9,11,25H,3,5,7H2,1-2H3,(H,23,24,26)/b13-8+/t11-/m1/s1. The van der Waals surface area contributed by atoms with Crippen LogP contribution in [0.15, 0.2) is 23.0 Å². The molecule has 6 nitrogen and oxygen atoms in total. The summed E-state index contributed by atoms with van der Waals surface area (Å²) in [4.78, 5) is 22.0. The number of aromatic hydroxyl groups is 1. The van der Waals surface area contributed by atoms with E-state index in [9.17, 15) is 15.2 Å². The Kier molecular flexibility index (Phi) is 4.65. The van der Waals surface area contributed by atoms with Crippen LogP contribution in [-0.2, 0) is 12.8 Å². The number of hydrogen-bond donors (Lipinski definition) is 2. The number of ether oxygens (including phenoxy) is 1. The Bertz CT molecular complexity index is 1200. The Hall–Kier alpha value is -3.11. The largest absolute Gasteiger partial charge is 0.504 e. The molecule has 0 saturated heterocycles. The number of H-pyrrole nitrogens is 1. The number of methoxy groups -OCH3 is 1. The molecule has 1 atom stereocenters. The molecule has 0 bridgehead atoms. The van der Waals surface area contributed by atoms with Gasteiger partial charge >= 0.3 is 0 Å². The molecule has 4 rings (SSSR count). The molecule has 28 heavy (non-hydrogen) atoms. The SMILES string of the molecule is COc1ccc(/C=C(\C#N)c2nc3sc4c(c3c(=O)[nH]2)CC[C@@H](C)C4)cc1O. The average Bonchev–Trinajstić information content (AvgIpc) is 3.03. The monoisotopic (exact) mass is 393 g/mol. The zero-order chi connectivity index (χ0) is 19.8. The molecule has 0 aliphatic heterocycles. The Balaban J connectivity index is 1.80. The summed E-state index contributed by atoms with van der Waals surface area (Å²) >= 11 is 1.55. The Morgan fingerprint density at radius 2 is 2.32 bits per heavy atom. The highest BCUT2D eigenvalue weighted by molar-refractivity contribution is 7.18. The first-order chi connectivity index (χ1) is 13.5. The smallest absolute Gasteiger partial charge is 0.260 e. The van der Waals surface area contributed by atoms with Crippen LogP contribution in [0.25, 0.3) is 21.9 Å². The molecule has 0 spiro atoms. The minimum Gasteiger partial charge on any atom is -0.504 e. The number of phenolic OH excluding ortho intramolecular Hbond substituents is 1. The lowest BCUT2D eigenvalue weighted by atomic mass is 9.89. The van der Waals surface area contributed by atoms with Crippen LogP contribution in [0.3, 0.4) is 0 Å². The van der Waals surface area contributed by atoms with E-state index in [0.717, 1.165) is 24.8 Å². The number of benzene rings is 1. The Labute approximate surface area is 165 Å². The van der Waals surface area contributed by atoms with Gasteiger partial charge in [-0.2, -0.15) is 5.26 Å². The van der Waals surface area contributed by atoms with Gasteiger partial charge in [-0.25, -0.2) is 4.98 Å². The first kappa shape index (κ1) is 18.3. The number of phenols is 1. The third-order valence-electron chi connectivity index (χ3n) is 5.05. The number of nitrogens with zero attached hydrogens (tertiary/aromatic N) is 2. The van der Waals surface area contributed by atoms with Crippen molar-refractivity contribution in [2.24, 2.45) is 5.92 Å². The van der Waals surface area contributed by atoms with E-state index in [4.69, 9.17) is 4.74 Å². The van der Waals surface area contributed by atoms with Crippen LogP contribution in [0.2, 0.25) is 0 Å². The molecule has 3 aromatic rings. The predicted molar refractivity (Wildman–Crippen MR) is 110 cm³/mol. The summed E-state index contributed by atoms with van der Waals surface area (Å²) in [5, 5.41) is 20.2. The summed E-state index contributed by atoms with van der Waals surface area (Å²) in [5.41, 5.74) is 1.74. The summed E-state index contributed by atoms with van der Waals surface area (Å²) in [5.74, 6) is 1.17. The molecule has 0 saturated carbocycles. The van der Waals surface area contributed by atoms with Gasteiger partial charge in [-0.15, -0.1) is 11.3 Å². The van der Waals surface area contributed by atoms with Gasteiger partial charge in [0.05, 0.1) is 18.1 Å². The lowest BCUT2D eigenvalue weighted by Gasteiger charge is -2.17. The van der Waals surface area contributed by atoms with Crippen LogP contribution in [0.1, 0.15) is 35.2 Å². The third-order valence-corrected chi connectivity index (χ3v) is 6.20. The zero-order valence-electron chi connectivity index (χ0n) is 15.6. The molecule has 142 valence electrons. The topological polar surface area (TPSA) is 99.0 Å². The first-order valence-electron chi connectivity index (χ1n) is 9.04. The molecule has 1 aliphatic rings. The number of aromatic amines is 1. The molecule has 0 amide bonds. The molecular formula is C21H19N3O3S. The lowest BCUT2D eigenvalue weighted by molar-refractivity contribution is 0.373. The van der Waals surface area contributed by atoms with E-state index >= 15 is 0 Å². The minimum atomic E-state index is -0.203. The molecule has 2 aromatic heterocycles. The van der Waals surface area contributed by atoms with Crippen molar-refractivity contribution in [3.05, 3.63) is 50.4 Å².